The van der Waals surface area contributed by atoms with Gasteiger partial charge in [0, 0.05) is 19.5 Å². The molecule has 1 aliphatic rings. The van der Waals surface area contributed by atoms with Crippen LogP contribution in [0.5, 0.6) is 0 Å². The molecule has 6 heteroatoms. The molecule has 0 aliphatic carbocycles. The first-order valence-electron chi connectivity index (χ1n) is 8.04. The Labute approximate surface area is 141 Å². The quantitative estimate of drug-likeness (QED) is 0.834. The van der Waals surface area contributed by atoms with E-state index in [0.717, 1.165) is 18.5 Å². The van der Waals surface area contributed by atoms with E-state index < -0.39 is 0 Å². The SMILES string of the molecule is CCCCN1C(=O)C(CC(=O)NCC)SC1=Nc1ccccc1. The third kappa shape index (κ3) is 4.82. The highest BCUT2D eigenvalue weighted by molar-refractivity contribution is 8.15. The van der Waals surface area contributed by atoms with Crippen LogP contribution in [0.1, 0.15) is 33.1 Å². The number of thioether (sulfide) groups is 1. The van der Waals surface area contributed by atoms with Gasteiger partial charge in [-0.1, -0.05) is 43.3 Å². The molecule has 5 nitrogen and oxygen atoms in total. The molecule has 1 aromatic carbocycles. The summed E-state index contributed by atoms with van der Waals surface area (Å²) in [6, 6.07) is 9.59. The van der Waals surface area contributed by atoms with Crippen molar-refractivity contribution in [3.63, 3.8) is 0 Å². The summed E-state index contributed by atoms with van der Waals surface area (Å²) in [4.78, 5) is 30.7. The van der Waals surface area contributed by atoms with Gasteiger partial charge in [-0.3, -0.25) is 14.5 Å². The van der Waals surface area contributed by atoms with Gasteiger partial charge in [0.1, 0.15) is 5.25 Å². The smallest absolute Gasteiger partial charge is 0.242 e. The Kier molecular flexibility index (Phi) is 6.65. The molecule has 1 heterocycles. The number of amides is 2. The van der Waals surface area contributed by atoms with Crippen molar-refractivity contribution in [1.82, 2.24) is 10.2 Å². The van der Waals surface area contributed by atoms with Crippen LogP contribution in [-0.4, -0.2) is 40.2 Å². The Morgan fingerprint density at radius 3 is 2.70 bits per heavy atom. The molecule has 1 N–H and O–H groups in total. The summed E-state index contributed by atoms with van der Waals surface area (Å²) in [5.41, 5.74) is 0.822. The van der Waals surface area contributed by atoms with E-state index >= 15 is 0 Å². The number of carbonyl (C=O) groups is 2. The predicted molar refractivity (Wildman–Crippen MR) is 94.8 cm³/mol. The van der Waals surface area contributed by atoms with Crippen LogP contribution in [0.2, 0.25) is 0 Å². The van der Waals surface area contributed by atoms with E-state index in [0.29, 0.717) is 18.3 Å². The van der Waals surface area contributed by atoms with E-state index in [-0.39, 0.29) is 23.5 Å². The number of aliphatic imine (C=N–C) groups is 1. The third-order valence-electron chi connectivity index (χ3n) is 3.48. The number of rotatable bonds is 7. The van der Waals surface area contributed by atoms with Gasteiger partial charge in [0.2, 0.25) is 11.8 Å². The maximum Gasteiger partial charge on any atom is 0.242 e. The van der Waals surface area contributed by atoms with Crippen molar-refractivity contribution in [2.24, 2.45) is 4.99 Å². The summed E-state index contributed by atoms with van der Waals surface area (Å²) in [5, 5.41) is 3.08. The molecule has 1 atom stereocenters. The zero-order valence-electron chi connectivity index (χ0n) is 13.6. The molecule has 1 fully saturated rings. The third-order valence-corrected chi connectivity index (χ3v) is 4.66. The van der Waals surface area contributed by atoms with Crippen molar-refractivity contribution in [3.05, 3.63) is 30.3 Å². The van der Waals surface area contributed by atoms with Gasteiger partial charge in [0.25, 0.3) is 0 Å². The van der Waals surface area contributed by atoms with Crippen molar-refractivity contribution in [3.8, 4) is 0 Å². The van der Waals surface area contributed by atoms with Gasteiger partial charge in [-0.15, -0.1) is 0 Å². The van der Waals surface area contributed by atoms with Crippen molar-refractivity contribution >= 4 is 34.4 Å². The summed E-state index contributed by atoms with van der Waals surface area (Å²) in [5.74, 6) is -0.0980. The van der Waals surface area contributed by atoms with Gasteiger partial charge in [0.15, 0.2) is 5.17 Å². The molecule has 1 aromatic rings. The van der Waals surface area contributed by atoms with Crippen LogP contribution in [0.4, 0.5) is 5.69 Å². The Bertz CT molecular complexity index is 574. The lowest BCUT2D eigenvalue weighted by atomic mass is 10.2. The monoisotopic (exact) mass is 333 g/mol. The summed E-state index contributed by atoms with van der Waals surface area (Å²) in [6.07, 6.45) is 2.13. The largest absolute Gasteiger partial charge is 0.356 e. The number of benzene rings is 1. The van der Waals surface area contributed by atoms with Crippen LogP contribution in [-0.2, 0) is 9.59 Å². The number of nitrogens with zero attached hydrogens (tertiary/aromatic N) is 2. The van der Waals surface area contributed by atoms with Gasteiger partial charge in [-0.2, -0.15) is 0 Å². The first kappa shape index (κ1) is 17.5. The number of unbranched alkanes of at least 4 members (excludes halogenated alkanes) is 1. The summed E-state index contributed by atoms with van der Waals surface area (Å²) >= 11 is 1.39. The molecule has 0 aromatic heterocycles. The highest BCUT2D eigenvalue weighted by Crippen LogP contribution is 2.31. The number of carbonyl (C=O) groups excluding carboxylic acids is 2. The van der Waals surface area contributed by atoms with Gasteiger partial charge >= 0.3 is 0 Å². The fourth-order valence-electron chi connectivity index (χ4n) is 2.30. The number of nitrogens with one attached hydrogen (secondary N) is 1. The zero-order chi connectivity index (χ0) is 16.7. The lowest BCUT2D eigenvalue weighted by Gasteiger charge is -2.15. The van der Waals surface area contributed by atoms with Gasteiger partial charge in [0.05, 0.1) is 5.69 Å². The van der Waals surface area contributed by atoms with Gasteiger partial charge in [-0.05, 0) is 25.5 Å². The molecule has 1 aliphatic heterocycles. The van der Waals surface area contributed by atoms with Gasteiger partial charge < -0.3 is 5.32 Å². The van der Waals surface area contributed by atoms with Crippen LogP contribution in [0.25, 0.3) is 0 Å². The van der Waals surface area contributed by atoms with E-state index in [2.05, 4.69) is 17.2 Å². The number of hydrogen-bond acceptors (Lipinski definition) is 4. The molecular formula is C17H23N3O2S. The minimum Gasteiger partial charge on any atom is -0.356 e. The van der Waals surface area contributed by atoms with Crippen LogP contribution >= 0.6 is 11.8 Å². The van der Waals surface area contributed by atoms with E-state index in [1.165, 1.54) is 11.8 Å². The lowest BCUT2D eigenvalue weighted by Crippen LogP contribution is -2.35. The van der Waals surface area contributed by atoms with Crippen LogP contribution in [0.3, 0.4) is 0 Å². The minimum atomic E-state index is -0.374. The lowest BCUT2D eigenvalue weighted by molar-refractivity contribution is -0.129. The molecule has 2 rings (SSSR count). The topological polar surface area (TPSA) is 61.8 Å². The maximum atomic E-state index is 12.6. The molecule has 0 spiro atoms. The second-order valence-electron chi connectivity index (χ2n) is 5.34. The Morgan fingerprint density at radius 2 is 2.04 bits per heavy atom. The number of hydrogen-bond donors (Lipinski definition) is 1. The molecule has 1 saturated heterocycles. The second kappa shape index (κ2) is 8.72. The fourth-order valence-corrected chi connectivity index (χ4v) is 3.48. The number of para-hydroxylation sites is 1. The highest BCUT2D eigenvalue weighted by Gasteiger charge is 2.38. The minimum absolute atomic E-state index is 0.00983. The molecule has 2 amide bonds. The predicted octanol–water partition coefficient (Wildman–Crippen LogP) is 2.94. The van der Waals surface area contributed by atoms with Crippen LogP contribution in [0, 0.1) is 0 Å². The molecule has 124 valence electrons. The van der Waals surface area contributed by atoms with Gasteiger partial charge in [-0.25, -0.2) is 4.99 Å². The molecule has 1 unspecified atom stereocenters. The van der Waals surface area contributed by atoms with Crippen LogP contribution in [0.15, 0.2) is 35.3 Å². The first-order valence-corrected chi connectivity index (χ1v) is 8.92. The Morgan fingerprint density at radius 1 is 1.30 bits per heavy atom. The van der Waals surface area contributed by atoms with E-state index in [1.807, 2.05) is 37.3 Å². The molecule has 23 heavy (non-hydrogen) atoms. The molecule has 0 saturated carbocycles. The normalized spacial score (nSPS) is 19.4. The van der Waals surface area contributed by atoms with Crippen molar-refractivity contribution < 1.29 is 9.59 Å². The summed E-state index contributed by atoms with van der Waals surface area (Å²) in [7, 11) is 0. The second-order valence-corrected chi connectivity index (χ2v) is 6.51. The average Bonchev–Trinajstić information content (AvgIpc) is 2.82. The van der Waals surface area contributed by atoms with Crippen molar-refractivity contribution in [2.75, 3.05) is 13.1 Å². The molecule has 0 radical (unpaired) electrons. The standard InChI is InChI=1S/C17H23N3O2S/c1-3-5-11-20-16(22)14(12-15(21)18-4-2)23-17(20)19-13-9-7-6-8-10-13/h6-10,14H,3-5,11-12H2,1-2H3,(H,18,21). The zero-order valence-corrected chi connectivity index (χ0v) is 14.4. The summed E-state index contributed by atoms with van der Waals surface area (Å²) in [6.45, 7) is 5.19. The maximum absolute atomic E-state index is 12.6. The van der Waals surface area contributed by atoms with E-state index in [4.69, 9.17) is 0 Å². The average molecular weight is 333 g/mol. The highest BCUT2D eigenvalue weighted by atomic mass is 32.2. The first-order chi connectivity index (χ1) is 11.2. The number of amidine groups is 1. The summed E-state index contributed by atoms with van der Waals surface area (Å²) < 4.78 is 0. The van der Waals surface area contributed by atoms with E-state index in [1.54, 1.807) is 4.90 Å². The van der Waals surface area contributed by atoms with E-state index in [9.17, 15) is 9.59 Å². The van der Waals surface area contributed by atoms with Crippen LogP contribution < -0.4 is 5.32 Å². The fraction of sp³-hybridized carbons (Fsp3) is 0.471. The molecular weight excluding hydrogens is 310 g/mol. The van der Waals surface area contributed by atoms with Crippen molar-refractivity contribution in [1.29, 1.82) is 0 Å². The Hall–Kier alpha value is -1.82. The Balaban J connectivity index is 2.16. The molecule has 0 bridgehead atoms. The van der Waals surface area contributed by atoms with Crippen molar-refractivity contribution in [2.45, 2.75) is 38.4 Å².